The van der Waals surface area contributed by atoms with Gasteiger partial charge in [-0.05, 0) is 49.2 Å². The third-order valence-corrected chi connectivity index (χ3v) is 6.34. The van der Waals surface area contributed by atoms with E-state index in [4.69, 9.17) is 11.6 Å². The number of benzene rings is 3. The van der Waals surface area contributed by atoms with Crippen molar-refractivity contribution < 1.29 is 18.0 Å². The standard InChI is InChI=1S/C24H23ClN2O4S/c25-17-7-6-12-23(28)26-19-13-15-20(16-14-19)32(30,31)27-22-11-5-4-10-21(22)24(29)18-8-2-1-3-9-18/h1-5,8-11,13-16,27H,6-7,12,17H2,(H,26,28). The number of amides is 1. The highest BCUT2D eigenvalue weighted by molar-refractivity contribution is 7.92. The van der Waals surface area contributed by atoms with Gasteiger partial charge in [-0.3, -0.25) is 14.3 Å². The van der Waals surface area contributed by atoms with Crippen LogP contribution < -0.4 is 10.0 Å². The summed E-state index contributed by atoms with van der Waals surface area (Å²) in [6, 6.07) is 21.0. The normalized spacial score (nSPS) is 11.0. The number of para-hydroxylation sites is 1. The molecule has 1 amide bonds. The average molecular weight is 471 g/mol. The van der Waals surface area contributed by atoms with Gasteiger partial charge in [-0.1, -0.05) is 42.5 Å². The molecular weight excluding hydrogens is 448 g/mol. The van der Waals surface area contributed by atoms with E-state index >= 15 is 0 Å². The van der Waals surface area contributed by atoms with E-state index in [1.165, 1.54) is 24.3 Å². The van der Waals surface area contributed by atoms with Crippen LogP contribution in [0.5, 0.6) is 0 Å². The van der Waals surface area contributed by atoms with Crippen LogP contribution in [0.1, 0.15) is 35.2 Å². The lowest BCUT2D eigenvalue weighted by molar-refractivity contribution is -0.116. The van der Waals surface area contributed by atoms with Crippen molar-refractivity contribution in [2.45, 2.75) is 24.2 Å². The fourth-order valence-corrected chi connectivity index (χ4v) is 4.31. The van der Waals surface area contributed by atoms with Crippen molar-refractivity contribution in [2.75, 3.05) is 15.9 Å². The van der Waals surface area contributed by atoms with E-state index in [0.717, 1.165) is 6.42 Å². The highest BCUT2D eigenvalue weighted by Gasteiger charge is 2.19. The highest BCUT2D eigenvalue weighted by Crippen LogP contribution is 2.23. The van der Waals surface area contributed by atoms with E-state index in [-0.39, 0.29) is 27.8 Å². The Morgan fingerprint density at radius 3 is 2.16 bits per heavy atom. The van der Waals surface area contributed by atoms with Gasteiger partial charge in [0.2, 0.25) is 5.91 Å². The number of carbonyl (C=O) groups is 2. The van der Waals surface area contributed by atoms with E-state index < -0.39 is 10.0 Å². The van der Waals surface area contributed by atoms with Gasteiger partial charge in [-0.15, -0.1) is 11.6 Å². The lowest BCUT2D eigenvalue weighted by Gasteiger charge is -2.13. The maximum Gasteiger partial charge on any atom is 0.261 e. The molecule has 0 bridgehead atoms. The molecule has 0 fully saturated rings. The van der Waals surface area contributed by atoms with Crippen LogP contribution in [0.2, 0.25) is 0 Å². The first-order chi connectivity index (χ1) is 15.4. The second-order valence-corrected chi connectivity index (χ2v) is 9.13. The zero-order valence-corrected chi connectivity index (χ0v) is 18.8. The molecule has 0 aliphatic carbocycles. The first-order valence-corrected chi connectivity index (χ1v) is 12.1. The lowest BCUT2D eigenvalue weighted by atomic mass is 10.0. The fourth-order valence-electron chi connectivity index (χ4n) is 3.04. The number of alkyl halides is 1. The molecule has 0 heterocycles. The van der Waals surface area contributed by atoms with Crippen LogP contribution in [-0.2, 0) is 14.8 Å². The molecule has 6 nitrogen and oxygen atoms in total. The van der Waals surface area contributed by atoms with E-state index in [1.54, 1.807) is 54.6 Å². The predicted molar refractivity (Wildman–Crippen MR) is 127 cm³/mol. The number of hydrogen-bond acceptors (Lipinski definition) is 4. The van der Waals surface area contributed by atoms with Crippen LogP contribution in [-0.4, -0.2) is 26.0 Å². The Hall–Kier alpha value is -3.16. The predicted octanol–water partition coefficient (Wildman–Crippen LogP) is 5.07. The summed E-state index contributed by atoms with van der Waals surface area (Å²) >= 11 is 5.61. The molecule has 0 spiro atoms. The first kappa shape index (κ1) is 23.5. The van der Waals surface area contributed by atoms with Crippen LogP contribution in [0.4, 0.5) is 11.4 Å². The Kier molecular flexibility index (Phi) is 8.03. The fraction of sp³-hybridized carbons (Fsp3) is 0.167. The number of nitrogens with one attached hydrogen (secondary N) is 2. The molecule has 3 rings (SSSR count). The quantitative estimate of drug-likeness (QED) is 0.246. The Balaban J connectivity index is 1.74. The van der Waals surface area contributed by atoms with E-state index in [9.17, 15) is 18.0 Å². The summed E-state index contributed by atoms with van der Waals surface area (Å²) in [6.45, 7) is 0. The van der Waals surface area contributed by atoms with Crippen molar-refractivity contribution in [2.24, 2.45) is 0 Å². The molecule has 0 aliphatic heterocycles. The molecule has 0 radical (unpaired) electrons. The van der Waals surface area contributed by atoms with Gasteiger partial charge in [0, 0.05) is 29.1 Å². The molecule has 0 atom stereocenters. The molecule has 0 unspecified atom stereocenters. The number of hydrogen-bond donors (Lipinski definition) is 2. The Labute approximate surface area is 192 Å². The summed E-state index contributed by atoms with van der Waals surface area (Å²) in [5.41, 5.74) is 1.41. The van der Waals surface area contributed by atoms with Gasteiger partial charge in [0.15, 0.2) is 5.78 Å². The van der Waals surface area contributed by atoms with Gasteiger partial charge in [0.25, 0.3) is 10.0 Å². The van der Waals surface area contributed by atoms with Crippen molar-refractivity contribution in [3.63, 3.8) is 0 Å². The second kappa shape index (κ2) is 10.9. The smallest absolute Gasteiger partial charge is 0.261 e. The van der Waals surface area contributed by atoms with Crippen molar-refractivity contribution in [1.82, 2.24) is 0 Å². The molecule has 3 aromatic carbocycles. The molecule has 0 saturated carbocycles. The van der Waals surface area contributed by atoms with Gasteiger partial charge in [0.05, 0.1) is 10.6 Å². The maximum atomic E-state index is 12.9. The van der Waals surface area contributed by atoms with Gasteiger partial charge in [0.1, 0.15) is 0 Å². The maximum absolute atomic E-state index is 12.9. The third kappa shape index (κ3) is 6.18. The zero-order valence-electron chi connectivity index (χ0n) is 17.3. The van der Waals surface area contributed by atoms with Crippen LogP contribution >= 0.6 is 11.6 Å². The molecule has 2 N–H and O–H groups in total. The van der Waals surface area contributed by atoms with E-state index in [2.05, 4.69) is 10.0 Å². The topological polar surface area (TPSA) is 92.3 Å². The summed E-state index contributed by atoms with van der Waals surface area (Å²) in [4.78, 5) is 24.8. The Morgan fingerprint density at radius 1 is 0.812 bits per heavy atom. The number of rotatable bonds is 10. The molecule has 3 aromatic rings. The minimum absolute atomic E-state index is 0.0135. The molecule has 8 heteroatoms. The van der Waals surface area contributed by atoms with Crippen LogP contribution in [0.25, 0.3) is 0 Å². The van der Waals surface area contributed by atoms with Crippen LogP contribution in [0.15, 0.2) is 83.8 Å². The first-order valence-electron chi connectivity index (χ1n) is 10.1. The molecule has 0 aliphatic rings. The van der Waals surface area contributed by atoms with Crippen molar-refractivity contribution in [3.05, 3.63) is 90.0 Å². The minimum atomic E-state index is -3.94. The highest BCUT2D eigenvalue weighted by atomic mass is 35.5. The summed E-state index contributed by atoms with van der Waals surface area (Å²) in [6.07, 6.45) is 1.79. The number of ketones is 1. The average Bonchev–Trinajstić information content (AvgIpc) is 2.80. The van der Waals surface area contributed by atoms with Crippen LogP contribution in [0.3, 0.4) is 0 Å². The van der Waals surface area contributed by atoms with Gasteiger partial charge in [-0.25, -0.2) is 8.42 Å². The van der Waals surface area contributed by atoms with Crippen molar-refractivity contribution in [3.8, 4) is 0 Å². The monoisotopic (exact) mass is 470 g/mol. The van der Waals surface area contributed by atoms with E-state index in [1.807, 2.05) is 0 Å². The van der Waals surface area contributed by atoms with Crippen molar-refractivity contribution in [1.29, 1.82) is 0 Å². The number of unbranched alkanes of at least 4 members (excludes halogenated alkanes) is 1. The van der Waals surface area contributed by atoms with Gasteiger partial charge < -0.3 is 5.32 Å². The van der Waals surface area contributed by atoms with E-state index in [0.29, 0.717) is 30.0 Å². The zero-order chi connectivity index (χ0) is 23.0. The lowest BCUT2D eigenvalue weighted by Crippen LogP contribution is -2.16. The molecule has 32 heavy (non-hydrogen) atoms. The number of carbonyl (C=O) groups excluding carboxylic acids is 2. The Bertz CT molecular complexity index is 1180. The Morgan fingerprint density at radius 2 is 1.47 bits per heavy atom. The van der Waals surface area contributed by atoms with Gasteiger partial charge >= 0.3 is 0 Å². The van der Waals surface area contributed by atoms with Crippen LogP contribution in [0, 0.1) is 0 Å². The minimum Gasteiger partial charge on any atom is -0.326 e. The molecular formula is C24H23ClN2O4S. The summed E-state index contributed by atoms with van der Waals surface area (Å²) in [5.74, 6) is 0.0701. The number of halogens is 1. The SMILES string of the molecule is O=C(CCCCCl)Nc1ccc(S(=O)(=O)Nc2ccccc2C(=O)c2ccccc2)cc1. The third-order valence-electron chi connectivity index (χ3n) is 4.69. The van der Waals surface area contributed by atoms with Crippen molar-refractivity contribution >= 4 is 44.7 Å². The summed E-state index contributed by atoms with van der Waals surface area (Å²) in [7, 11) is -3.94. The summed E-state index contributed by atoms with van der Waals surface area (Å²) < 4.78 is 28.3. The summed E-state index contributed by atoms with van der Waals surface area (Å²) in [5, 5.41) is 2.73. The van der Waals surface area contributed by atoms with Gasteiger partial charge in [-0.2, -0.15) is 0 Å². The number of anilines is 2. The largest absolute Gasteiger partial charge is 0.326 e. The second-order valence-electron chi connectivity index (χ2n) is 7.06. The molecule has 166 valence electrons. The number of sulfonamides is 1. The molecule has 0 saturated heterocycles. The molecule has 0 aromatic heterocycles.